The second-order valence-electron chi connectivity index (χ2n) is 6.71. The number of ether oxygens (including phenoxy) is 2. The van der Waals surface area contributed by atoms with Crippen LogP contribution in [0.3, 0.4) is 0 Å². The number of hydrogen-bond donors (Lipinski definition) is 1. The van der Waals surface area contributed by atoms with Gasteiger partial charge in [0.05, 0.1) is 12.8 Å². The molecule has 7 heteroatoms. The largest absolute Gasteiger partial charge is 0.494 e. The van der Waals surface area contributed by atoms with Gasteiger partial charge in [0.25, 0.3) is 0 Å². The second-order valence-corrected chi connectivity index (χ2v) is 7.10. The quantitative estimate of drug-likeness (QED) is 0.297. The summed E-state index contributed by atoms with van der Waals surface area (Å²) in [5.41, 5.74) is 2.91. The first kappa shape index (κ1) is 20.6. The minimum atomic E-state index is 0.413. The number of rotatable bonds is 8. The lowest BCUT2D eigenvalue weighted by Crippen LogP contribution is -1.97. The normalized spacial score (nSPS) is 11.0. The van der Waals surface area contributed by atoms with E-state index in [4.69, 9.17) is 21.7 Å². The molecule has 6 nitrogen and oxygen atoms in total. The number of nitrogens with zero attached hydrogens (tertiary/aromatic N) is 3. The maximum absolute atomic E-state index is 5.83. The van der Waals surface area contributed by atoms with E-state index in [0.717, 1.165) is 28.2 Å². The summed E-state index contributed by atoms with van der Waals surface area (Å²) in [4.78, 5) is 0. The third-order valence-corrected chi connectivity index (χ3v) is 4.77. The summed E-state index contributed by atoms with van der Waals surface area (Å²) in [5.74, 6) is 2.19. The Labute approximate surface area is 185 Å². The summed E-state index contributed by atoms with van der Waals surface area (Å²) in [7, 11) is 0. The number of aromatic nitrogens is 3. The molecule has 0 bridgehead atoms. The van der Waals surface area contributed by atoms with Crippen LogP contribution in [0.2, 0.25) is 0 Å². The molecule has 0 atom stereocenters. The predicted molar refractivity (Wildman–Crippen MR) is 124 cm³/mol. The Bertz CT molecular complexity index is 1210. The molecule has 0 aliphatic carbocycles. The van der Waals surface area contributed by atoms with Crippen LogP contribution in [-0.2, 0) is 6.61 Å². The molecular formula is C24H22N4O2S. The first-order valence-corrected chi connectivity index (χ1v) is 10.4. The van der Waals surface area contributed by atoms with Gasteiger partial charge >= 0.3 is 0 Å². The van der Waals surface area contributed by atoms with Gasteiger partial charge in [0.15, 0.2) is 5.82 Å². The number of aromatic amines is 1. The zero-order valence-electron chi connectivity index (χ0n) is 17.1. The van der Waals surface area contributed by atoms with Crippen LogP contribution < -0.4 is 9.47 Å². The van der Waals surface area contributed by atoms with Crippen LogP contribution in [0.25, 0.3) is 11.4 Å². The minimum Gasteiger partial charge on any atom is -0.494 e. The zero-order valence-corrected chi connectivity index (χ0v) is 17.9. The van der Waals surface area contributed by atoms with Crippen molar-refractivity contribution in [3.8, 4) is 22.9 Å². The first-order valence-electron chi connectivity index (χ1n) is 9.95. The van der Waals surface area contributed by atoms with Crippen molar-refractivity contribution in [3.63, 3.8) is 0 Å². The molecule has 0 saturated carbocycles. The number of benzene rings is 3. The van der Waals surface area contributed by atoms with Crippen LogP contribution in [0, 0.1) is 4.77 Å². The van der Waals surface area contributed by atoms with Gasteiger partial charge in [-0.1, -0.05) is 42.5 Å². The molecule has 1 aromatic heterocycles. The van der Waals surface area contributed by atoms with Crippen molar-refractivity contribution >= 4 is 18.4 Å². The fourth-order valence-electron chi connectivity index (χ4n) is 2.99. The monoisotopic (exact) mass is 430 g/mol. The lowest BCUT2D eigenvalue weighted by Gasteiger charge is -2.06. The maximum Gasteiger partial charge on any atom is 0.216 e. The van der Waals surface area contributed by atoms with Crippen molar-refractivity contribution in [2.24, 2.45) is 5.10 Å². The third-order valence-electron chi connectivity index (χ3n) is 4.50. The molecule has 0 fully saturated rings. The zero-order chi connectivity index (χ0) is 21.5. The average molecular weight is 431 g/mol. The maximum atomic E-state index is 5.83. The molecule has 0 unspecified atom stereocenters. The fraction of sp³-hybridized carbons (Fsp3) is 0.125. The SMILES string of the molecule is CCOc1cccc(-c2n[nH]c(=S)n2/N=C\c2ccc(OCc3ccccc3)cc2)c1. The van der Waals surface area contributed by atoms with E-state index in [1.54, 1.807) is 10.9 Å². The van der Waals surface area contributed by atoms with E-state index in [0.29, 0.717) is 23.8 Å². The van der Waals surface area contributed by atoms with Crippen LogP contribution in [0.4, 0.5) is 0 Å². The molecule has 0 spiro atoms. The predicted octanol–water partition coefficient (Wildman–Crippen LogP) is 5.47. The van der Waals surface area contributed by atoms with E-state index in [2.05, 4.69) is 15.3 Å². The van der Waals surface area contributed by atoms with Gasteiger partial charge in [-0.25, -0.2) is 5.10 Å². The Morgan fingerprint density at radius 1 is 0.968 bits per heavy atom. The van der Waals surface area contributed by atoms with Gasteiger partial charge in [-0.2, -0.15) is 14.9 Å². The van der Waals surface area contributed by atoms with E-state index in [9.17, 15) is 0 Å². The lowest BCUT2D eigenvalue weighted by molar-refractivity contribution is 0.306. The van der Waals surface area contributed by atoms with Gasteiger partial charge in [0, 0.05) is 5.56 Å². The van der Waals surface area contributed by atoms with Crippen LogP contribution in [0.15, 0.2) is 84.0 Å². The highest BCUT2D eigenvalue weighted by Crippen LogP contribution is 2.22. The smallest absolute Gasteiger partial charge is 0.216 e. The molecule has 1 heterocycles. The van der Waals surface area contributed by atoms with Crippen molar-refractivity contribution in [1.82, 2.24) is 14.9 Å². The van der Waals surface area contributed by atoms with Crippen molar-refractivity contribution in [2.45, 2.75) is 13.5 Å². The summed E-state index contributed by atoms with van der Waals surface area (Å²) >= 11 is 5.35. The molecule has 0 aliphatic heterocycles. The van der Waals surface area contributed by atoms with Crippen LogP contribution in [0.5, 0.6) is 11.5 Å². The molecule has 3 aromatic carbocycles. The molecule has 4 aromatic rings. The Morgan fingerprint density at radius 2 is 1.77 bits per heavy atom. The minimum absolute atomic E-state index is 0.413. The Hall–Kier alpha value is -3.71. The van der Waals surface area contributed by atoms with Gasteiger partial charge in [-0.3, -0.25) is 0 Å². The van der Waals surface area contributed by atoms with E-state index in [1.165, 1.54) is 0 Å². The van der Waals surface area contributed by atoms with Gasteiger partial charge < -0.3 is 9.47 Å². The molecule has 0 aliphatic rings. The van der Waals surface area contributed by atoms with Gasteiger partial charge in [-0.15, -0.1) is 0 Å². The molecule has 4 rings (SSSR count). The lowest BCUT2D eigenvalue weighted by atomic mass is 10.2. The van der Waals surface area contributed by atoms with E-state index >= 15 is 0 Å². The topological polar surface area (TPSA) is 64.4 Å². The molecule has 31 heavy (non-hydrogen) atoms. The summed E-state index contributed by atoms with van der Waals surface area (Å²) < 4.78 is 13.4. The summed E-state index contributed by atoms with van der Waals surface area (Å²) in [6.45, 7) is 3.08. The van der Waals surface area contributed by atoms with Crippen molar-refractivity contribution in [3.05, 3.63) is 94.8 Å². The van der Waals surface area contributed by atoms with E-state index in [-0.39, 0.29) is 0 Å². The number of nitrogens with one attached hydrogen (secondary N) is 1. The van der Waals surface area contributed by atoms with Gasteiger partial charge in [-0.05, 0) is 66.7 Å². The molecule has 0 saturated heterocycles. The van der Waals surface area contributed by atoms with Gasteiger partial charge in [0.2, 0.25) is 4.77 Å². The molecule has 0 amide bonds. The average Bonchev–Trinajstić information content (AvgIpc) is 3.18. The van der Waals surface area contributed by atoms with Crippen LogP contribution >= 0.6 is 12.2 Å². The third kappa shape index (κ3) is 5.26. The highest BCUT2D eigenvalue weighted by Gasteiger charge is 2.09. The fourth-order valence-corrected chi connectivity index (χ4v) is 3.17. The standard InChI is InChI=1S/C24H22N4O2S/c1-2-29-22-10-6-9-20(15-22)23-26-27-24(31)28(23)25-16-18-11-13-21(14-12-18)30-17-19-7-4-3-5-8-19/h3-16H,2,17H2,1H3,(H,27,31)/b25-16-. The molecular weight excluding hydrogens is 408 g/mol. The summed E-state index contributed by atoms with van der Waals surface area (Å²) in [6, 6.07) is 25.5. The van der Waals surface area contributed by atoms with E-state index in [1.807, 2.05) is 85.8 Å². The Balaban J connectivity index is 1.48. The van der Waals surface area contributed by atoms with E-state index < -0.39 is 0 Å². The summed E-state index contributed by atoms with van der Waals surface area (Å²) in [6.07, 6.45) is 1.74. The van der Waals surface area contributed by atoms with Crippen LogP contribution in [-0.4, -0.2) is 27.7 Å². The highest BCUT2D eigenvalue weighted by atomic mass is 32.1. The van der Waals surface area contributed by atoms with Crippen LogP contribution in [0.1, 0.15) is 18.1 Å². The number of H-pyrrole nitrogens is 1. The number of hydrogen-bond acceptors (Lipinski definition) is 5. The second kappa shape index (κ2) is 9.86. The molecule has 1 N–H and O–H groups in total. The molecule has 0 radical (unpaired) electrons. The summed E-state index contributed by atoms with van der Waals surface area (Å²) in [5, 5.41) is 11.7. The van der Waals surface area contributed by atoms with Crippen molar-refractivity contribution in [2.75, 3.05) is 6.61 Å². The highest BCUT2D eigenvalue weighted by molar-refractivity contribution is 7.71. The van der Waals surface area contributed by atoms with Crippen molar-refractivity contribution in [1.29, 1.82) is 0 Å². The first-order chi connectivity index (χ1) is 15.2. The van der Waals surface area contributed by atoms with Gasteiger partial charge in [0.1, 0.15) is 18.1 Å². The Morgan fingerprint density at radius 3 is 2.55 bits per heavy atom. The Kier molecular flexibility index (Phi) is 6.54. The molecule has 156 valence electrons. The van der Waals surface area contributed by atoms with Crippen molar-refractivity contribution < 1.29 is 9.47 Å².